The highest BCUT2D eigenvalue weighted by molar-refractivity contribution is 6.42. The molecule has 1 aromatic heterocycles. The lowest BCUT2D eigenvalue weighted by Crippen LogP contribution is -2.18. The van der Waals surface area contributed by atoms with Crippen LogP contribution in [0.5, 0.6) is 0 Å². The zero-order valence-electron chi connectivity index (χ0n) is 15.4. The van der Waals surface area contributed by atoms with Gasteiger partial charge in [-0.25, -0.2) is 14.3 Å². The van der Waals surface area contributed by atoms with Crippen molar-refractivity contribution in [3.8, 4) is 0 Å². The number of benzene rings is 2. The van der Waals surface area contributed by atoms with Crippen LogP contribution in [-0.4, -0.2) is 15.6 Å². The lowest BCUT2D eigenvalue weighted by atomic mass is 9.93. The van der Waals surface area contributed by atoms with Gasteiger partial charge in [0.2, 0.25) is 0 Å². The van der Waals surface area contributed by atoms with Crippen LogP contribution >= 0.6 is 23.2 Å². The summed E-state index contributed by atoms with van der Waals surface area (Å²) in [7, 11) is 0. The van der Waals surface area contributed by atoms with E-state index in [2.05, 4.69) is 31.0 Å². The summed E-state index contributed by atoms with van der Waals surface area (Å²) < 4.78 is 6.87. The molecular weight excluding hydrogens is 383 g/mol. The first-order chi connectivity index (χ1) is 12.9. The molecule has 27 heavy (non-hydrogen) atoms. The largest absolute Gasteiger partial charge is 0.444 e. The minimum Gasteiger partial charge on any atom is -0.444 e. The van der Waals surface area contributed by atoms with Gasteiger partial charge in [0.15, 0.2) is 0 Å². The number of imidazole rings is 1. The van der Waals surface area contributed by atoms with Gasteiger partial charge in [-0.2, -0.15) is 0 Å². The fourth-order valence-electron chi connectivity index (χ4n) is 3.04. The van der Waals surface area contributed by atoms with Crippen LogP contribution < -0.4 is 0 Å². The first-order valence-corrected chi connectivity index (χ1v) is 9.35. The molecule has 0 amide bonds. The van der Waals surface area contributed by atoms with Crippen LogP contribution in [0.3, 0.4) is 0 Å². The number of hydrogen-bond acceptors (Lipinski definition) is 3. The van der Waals surface area contributed by atoms with Crippen LogP contribution in [0.4, 0.5) is 4.79 Å². The Morgan fingerprint density at radius 1 is 1.19 bits per heavy atom. The molecule has 0 aliphatic rings. The third-order valence-corrected chi connectivity index (χ3v) is 5.61. The Labute approximate surface area is 168 Å². The first-order valence-electron chi connectivity index (χ1n) is 8.59. The summed E-state index contributed by atoms with van der Waals surface area (Å²) >= 11 is 12.2. The van der Waals surface area contributed by atoms with Gasteiger partial charge in [0.05, 0.1) is 10.0 Å². The van der Waals surface area contributed by atoms with Crippen LogP contribution in [0, 0.1) is 13.8 Å². The van der Waals surface area contributed by atoms with Crippen LogP contribution in [0.15, 0.2) is 48.8 Å². The van der Waals surface area contributed by atoms with Crippen molar-refractivity contribution in [3.63, 3.8) is 0 Å². The fourth-order valence-corrected chi connectivity index (χ4v) is 3.42. The molecular formula is C21H20Cl2N2O2. The molecule has 140 valence electrons. The number of nitrogens with zero attached hydrogens (tertiary/aromatic N) is 2. The second-order valence-corrected chi connectivity index (χ2v) is 7.22. The number of hydrogen-bond donors (Lipinski definition) is 0. The third-order valence-electron chi connectivity index (χ3n) is 4.75. The van der Waals surface area contributed by atoms with E-state index in [0.29, 0.717) is 21.4 Å². The number of aromatic nitrogens is 2. The minimum atomic E-state index is -0.504. The van der Waals surface area contributed by atoms with Crippen LogP contribution in [0.2, 0.25) is 10.0 Å². The number of halogens is 2. The van der Waals surface area contributed by atoms with Gasteiger partial charge in [0.25, 0.3) is 0 Å². The number of aryl methyl sites for hydroxylation is 1. The zero-order valence-corrected chi connectivity index (χ0v) is 16.9. The van der Waals surface area contributed by atoms with Crippen molar-refractivity contribution < 1.29 is 9.53 Å². The van der Waals surface area contributed by atoms with E-state index in [-0.39, 0.29) is 12.5 Å². The number of rotatable bonds is 4. The highest BCUT2D eigenvalue weighted by atomic mass is 35.5. The summed E-state index contributed by atoms with van der Waals surface area (Å²) in [6.07, 6.45) is 2.71. The van der Waals surface area contributed by atoms with Crippen molar-refractivity contribution in [2.75, 3.05) is 0 Å². The standard InChI is InChI=1S/C21H20Cl2N2O2/c1-13-6-4-8-17(14(13)2)15(3)20-24-10-11-25(20)21(26)27-12-16-7-5-9-18(22)19(16)23/h4-11,15H,12H2,1-3H3/t15-/m0/s1. The minimum absolute atomic E-state index is 0.0354. The molecule has 1 atom stereocenters. The van der Waals surface area contributed by atoms with Crippen molar-refractivity contribution in [2.45, 2.75) is 33.3 Å². The normalized spacial score (nSPS) is 12.0. The van der Waals surface area contributed by atoms with Gasteiger partial charge < -0.3 is 4.74 Å². The summed E-state index contributed by atoms with van der Waals surface area (Å²) in [5.41, 5.74) is 4.18. The summed E-state index contributed by atoms with van der Waals surface area (Å²) in [5, 5.41) is 0.818. The maximum Gasteiger partial charge on any atom is 0.419 e. The van der Waals surface area contributed by atoms with Gasteiger partial charge in [-0.3, -0.25) is 0 Å². The molecule has 2 aromatic carbocycles. The molecule has 3 aromatic rings. The lowest BCUT2D eigenvalue weighted by molar-refractivity contribution is 0.140. The van der Waals surface area contributed by atoms with Crippen LogP contribution in [-0.2, 0) is 11.3 Å². The molecule has 0 saturated carbocycles. The van der Waals surface area contributed by atoms with Gasteiger partial charge in [-0.15, -0.1) is 0 Å². The monoisotopic (exact) mass is 402 g/mol. The lowest BCUT2D eigenvalue weighted by Gasteiger charge is -2.17. The quantitative estimate of drug-likeness (QED) is 0.525. The molecule has 0 spiro atoms. The topological polar surface area (TPSA) is 44.1 Å². The average molecular weight is 403 g/mol. The maximum atomic E-state index is 12.6. The molecule has 4 nitrogen and oxygen atoms in total. The number of carbonyl (C=O) groups is 1. The highest BCUT2D eigenvalue weighted by Gasteiger charge is 2.21. The molecule has 0 unspecified atom stereocenters. The first kappa shape index (κ1) is 19.5. The third kappa shape index (κ3) is 4.02. The predicted molar refractivity (Wildman–Crippen MR) is 108 cm³/mol. The summed E-state index contributed by atoms with van der Waals surface area (Å²) in [6.45, 7) is 6.21. The Balaban J connectivity index is 1.81. The Bertz CT molecular complexity index is 982. The summed E-state index contributed by atoms with van der Waals surface area (Å²) in [4.78, 5) is 17.0. The molecule has 1 heterocycles. The summed E-state index contributed by atoms with van der Waals surface area (Å²) in [5.74, 6) is 0.577. The molecule has 0 N–H and O–H groups in total. The molecule has 0 aliphatic carbocycles. The fraction of sp³-hybridized carbons (Fsp3) is 0.238. The van der Waals surface area contributed by atoms with E-state index < -0.39 is 6.09 Å². The van der Waals surface area contributed by atoms with Gasteiger partial charge >= 0.3 is 6.09 Å². The number of carbonyl (C=O) groups excluding carboxylic acids is 1. The van der Waals surface area contributed by atoms with Crippen molar-refractivity contribution in [1.29, 1.82) is 0 Å². The molecule has 6 heteroatoms. The molecule has 0 bridgehead atoms. The average Bonchev–Trinajstić information content (AvgIpc) is 3.14. The predicted octanol–water partition coefficient (Wildman–Crippen LogP) is 6.14. The Hall–Kier alpha value is -2.30. The van der Waals surface area contributed by atoms with Crippen molar-refractivity contribution in [3.05, 3.63) is 86.9 Å². The van der Waals surface area contributed by atoms with E-state index in [9.17, 15) is 4.79 Å². The number of ether oxygens (including phenoxy) is 1. The van der Waals surface area contributed by atoms with Crippen LogP contribution in [0.25, 0.3) is 0 Å². The Morgan fingerprint density at radius 3 is 2.70 bits per heavy atom. The zero-order chi connectivity index (χ0) is 19.6. The van der Waals surface area contributed by atoms with Gasteiger partial charge in [-0.05, 0) is 36.6 Å². The maximum absolute atomic E-state index is 12.6. The highest BCUT2D eigenvalue weighted by Crippen LogP contribution is 2.28. The van der Waals surface area contributed by atoms with Crippen molar-refractivity contribution in [1.82, 2.24) is 9.55 Å². The van der Waals surface area contributed by atoms with Gasteiger partial charge in [0, 0.05) is 23.9 Å². The van der Waals surface area contributed by atoms with E-state index in [4.69, 9.17) is 27.9 Å². The van der Waals surface area contributed by atoms with Crippen molar-refractivity contribution in [2.24, 2.45) is 0 Å². The van der Waals surface area contributed by atoms with Crippen LogP contribution in [0.1, 0.15) is 40.9 Å². The Morgan fingerprint density at radius 2 is 1.93 bits per heavy atom. The van der Waals surface area contributed by atoms with E-state index in [1.165, 1.54) is 15.7 Å². The Kier molecular flexibility index (Phi) is 5.88. The smallest absolute Gasteiger partial charge is 0.419 e. The SMILES string of the molecule is Cc1cccc([C@H](C)c2nccn2C(=O)OCc2cccc(Cl)c2Cl)c1C. The molecule has 0 fully saturated rings. The molecule has 0 aliphatic heterocycles. The molecule has 0 saturated heterocycles. The van der Waals surface area contributed by atoms with E-state index in [0.717, 1.165) is 5.56 Å². The van der Waals surface area contributed by atoms with Gasteiger partial charge in [-0.1, -0.05) is 60.5 Å². The van der Waals surface area contributed by atoms with E-state index in [1.807, 2.05) is 13.0 Å². The molecule has 0 radical (unpaired) electrons. The second-order valence-electron chi connectivity index (χ2n) is 6.43. The van der Waals surface area contributed by atoms with Gasteiger partial charge in [0.1, 0.15) is 12.4 Å². The van der Waals surface area contributed by atoms with E-state index >= 15 is 0 Å². The molecule has 3 rings (SSSR count). The van der Waals surface area contributed by atoms with E-state index in [1.54, 1.807) is 30.6 Å². The summed E-state index contributed by atoms with van der Waals surface area (Å²) in [6, 6.07) is 11.4. The second kappa shape index (κ2) is 8.15. The van der Waals surface area contributed by atoms with Crippen molar-refractivity contribution >= 4 is 29.3 Å².